The summed E-state index contributed by atoms with van der Waals surface area (Å²) in [7, 11) is 0. The van der Waals surface area contributed by atoms with Crippen molar-refractivity contribution in [3.63, 3.8) is 0 Å². The van der Waals surface area contributed by atoms with Crippen LogP contribution in [0.1, 0.15) is 36.9 Å². The zero-order valence-electron chi connectivity index (χ0n) is 16.5. The van der Waals surface area contributed by atoms with Crippen LogP contribution >= 0.6 is 23.4 Å². The van der Waals surface area contributed by atoms with E-state index in [9.17, 15) is 5.11 Å². The summed E-state index contributed by atoms with van der Waals surface area (Å²) in [6, 6.07) is 15.5. The van der Waals surface area contributed by atoms with Crippen molar-refractivity contribution in [1.82, 2.24) is 9.80 Å². The molecule has 2 aliphatic rings. The third-order valence-corrected chi connectivity index (χ3v) is 7.33. The van der Waals surface area contributed by atoms with Crippen LogP contribution in [0.2, 0.25) is 5.02 Å². The van der Waals surface area contributed by atoms with Gasteiger partial charge in [-0.05, 0) is 68.1 Å². The normalized spacial score (nSPS) is 21.6. The van der Waals surface area contributed by atoms with Gasteiger partial charge in [0.1, 0.15) is 0 Å². The molecule has 3 nitrogen and oxygen atoms in total. The minimum atomic E-state index is -0.189. The van der Waals surface area contributed by atoms with Crippen molar-refractivity contribution in [1.29, 1.82) is 0 Å². The molecule has 1 fully saturated rings. The SMILES string of the molecule is CC(O)CCCN1CCN(C2Cc3ccccc3Sc3ccc(Cl)cc32)CC1. The largest absolute Gasteiger partial charge is 0.393 e. The summed E-state index contributed by atoms with van der Waals surface area (Å²) in [5.74, 6) is 0. The Balaban J connectivity index is 1.50. The molecule has 2 aliphatic heterocycles. The molecule has 150 valence electrons. The van der Waals surface area contributed by atoms with Crippen LogP contribution in [0.3, 0.4) is 0 Å². The number of hydrogen-bond acceptors (Lipinski definition) is 4. The minimum absolute atomic E-state index is 0.189. The molecule has 2 heterocycles. The van der Waals surface area contributed by atoms with Crippen LogP contribution in [0.4, 0.5) is 0 Å². The van der Waals surface area contributed by atoms with Gasteiger partial charge in [-0.25, -0.2) is 0 Å². The van der Waals surface area contributed by atoms with E-state index in [-0.39, 0.29) is 6.10 Å². The summed E-state index contributed by atoms with van der Waals surface area (Å²) >= 11 is 8.27. The molecule has 2 unspecified atom stereocenters. The van der Waals surface area contributed by atoms with E-state index in [2.05, 4.69) is 46.2 Å². The van der Waals surface area contributed by atoms with Crippen molar-refractivity contribution in [2.75, 3.05) is 32.7 Å². The van der Waals surface area contributed by atoms with Gasteiger partial charge in [0, 0.05) is 47.0 Å². The van der Waals surface area contributed by atoms with Crippen LogP contribution < -0.4 is 0 Å². The van der Waals surface area contributed by atoms with E-state index < -0.39 is 0 Å². The molecule has 28 heavy (non-hydrogen) atoms. The van der Waals surface area contributed by atoms with Crippen molar-refractivity contribution in [3.05, 3.63) is 58.6 Å². The monoisotopic (exact) mass is 416 g/mol. The van der Waals surface area contributed by atoms with E-state index in [1.807, 2.05) is 24.8 Å². The van der Waals surface area contributed by atoms with E-state index in [0.29, 0.717) is 6.04 Å². The van der Waals surface area contributed by atoms with Gasteiger partial charge in [-0.15, -0.1) is 0 Å². The number of rotatable bonds is 5. The third-order valence-electron chi connectivity index (χ3n) is 5.88. The van der Waals surface area contributed by atoms with Gasteiger partial charge >= 0.3 is 0 Å². The Hall–Kier alpha value is -1.04. The van der Waals surface area contributed by atoms with Crippen LogP contribution in [0.25, 0.3) is 0 Å². The maximum atomic E-state index is 9.48. The predicted molar refractivity (Wildman–Crippen MR) is 117 cm³/mol. The predicted octanol–water partition coefficient (Wildman–Crippen LogP) is 4.87. The van der Waals surface area contributed by atoms with Crippen molar-refractivity contribution in [2.45, 2.75) is 48.1 Å². The van der Waals surface area contributed by atoms with Crippen LogP contribution in [-0.4, -0.2) is 53.7 Å². The van der Waals surface area contributed by atoms with Crippen molar-refractivity contribution >= 4 is 23.4 Å². The number of benzene rings is 2. The Morgan fingerprint density at radius 1 is 1.11 bits per heavy atom. The average Bonchev–Trinajstić information content (AvgIpc) is 2.85. The van der Waals surface area contributed by atoms with E-state index >= 15 is 0 Å². The van der Waals surface area contributed by atoms with Crippen LogP contribution in [0.15, 0.2) is 52.3 Å². The van der Waals surface area contributed by atoms with Gasteiger partial charge in [-0.1, -0.05) is 41.6 Å². The molecule has 0 aromatic heterocycles. The van der Waals surface area contributed by atoms with Crippen LogP contribution in [-0.2, 0) is 6.42 Å². The first-order valence-corrected chi connectivity index (χ1v) is 11.5. The highest BCUT2D eigenvalue weighted by Gasteiger charge is 2.30. The van der Waals surface area contributed by atoms with E-state index in [4.69, 9.17) is 11.6 Å². The second kappa shape index (κ2) is 9.19. The third kappa shape index (κ3) is 4.74. The summed E-state index contributed by atoms with van der Waals surface area (Å²) in [5, 5.41) is 10.3. The lowest BCUT2D eigenvalue weighted by atomic mass is 9.96. The van der Waals surface area contributed by atoms with E-state index in [0.717, 1.165) is 57.0 Å². The standard InChI is InChI=1S/C23H29ClN2OS/c1-17(27)5-4-10-25-11-13-26(14-12-25)21-15-18-6-2-3-7-22(18)28-23-9-8-19(24)16-20(21)23/h2-3,6-9,16-17,21,27H,4-5,10-15H2,1H3. The molecule has 0 aliphatic carbocycles. The second-order valence-electron chi connectivity index (χ2n) is 7.98. The van der Waals surface area contributed by atoms with Crippen molar-refractivity contribution < 1.29 is 5.11 Å². The number of fused-ring (bicyclic) bond motifs is 2. The maximum absolute atomic E-state index is 9.48. The molecule has 0 radical (unpaired) electrons. The van der Waals surface area contributed by atoms with Gasteiger partial charge in [0.25, 0.3) is 0 Å². The molecule has 0 spiro atoms. The molecular weight excluding hydrogens is 388 g/mol. The topological polar surface area (TPSA) is 26.7 Å². The first kappa shape index (κ1) is 20.2. The summed E-state index contributed by atoms with van der Waals surface area (Å²) in [6.07, 6.45) is 2.82. The van der Waals surface area contributed by atoms with Gasteiger partial charge in [-0.3, -0.25) is 4.90 Å². The first-order valence-electron chi connectivity index (χ1n) is 10.3. The molecule has 4 rings (SSSR count). The molecule has 1 N–H and O–H groups in total. The number of aliphatic hydroxyl groups is 1. The van der Waals surface area contributed by atoms with Gasteiger partial charge in [0.05, 0.1) is 6.10 Å². The molecule has 2 atom stereocenters. The molecule has 2 aromatic carbocycles. The highest BCUT2D eigenvalue weighted by atomic mass is 35.5. The minimum Gasteiger partial charge on any atom is -0.393 e. The molecule has 0 amide bonds. The zero-order valence-corrected chi connectivity index (χ0v) is 18.1. The highest BCUT2D eigenvalue weighted by Crippen LogP contribution is 2.43. The lowest BCUT2D eigenvalue weighted by Crippen LogP contribution is -2.48. The average molecular weight is 417 g/mol. The number of halogens is 1. The lowest BCUT2D eigenvalue weighted by molar-refractivity contribution is 0.0895. The first-order chi connectivity index (χ1) is 13.6. The number of piperazine rings is 1. The quantitative estimate of drug-likeness (QED) is 0.752. The van der Waals surface area contributed by atoms with Gasteiger partial charge in [-0.2, -0.15) is 0 Å². The smallest absolute Gasteiger partial charge is 0.0512 e. The van der Waals surface area contributed by atoms with E-state index in [1.165, 1.54) is 20.9 Å². The van der Waals surface area contributed by atoms with Crippen molar-refractivity contribution in [3.8, 4) is 0 Å². The summed E-state index contributed by atoms with van der Waals surface area (Å²) in [4.78, 5) is 7.88. The fourth-order valence-electron chi connectivity index (χ4n) is 4.32. The maximum Gasteiger partial charge on any atom is 0.0512 e. The zero-order chi connectivity index (χ0) is 19.5. The summed E-state index contributed by atoms with van der Waals surface area (Å²) in [5.41, 5.74) is 2.81. The summed E-state index contributed by atoms with van der Waals surface area (Å²) < 4.78 is 0. The number of nitrogens with zero attached hydrogens (tertiary/aromatic N) is 2. The Kier molecular flexibility index (Phi) is 6.64. The molecule has 2 aromatic rings. The fraction of sp³-hybridized carbons (Fsp3) is 0.478. The van der Waals surface area contributed by atoms with Gasteiger partial charge in [0.2, 0.25) is 0 Å². The Morgan fingerprint density at radius 2 is 1.89 bits per heavy atom. The fourth-order valence-corrected chi connectivity index (χ4v) is 5.61. The molecule has 5 heteroatoms. The van der Waals surface area contributed by atoms with Gasteiger partial charge < -0.3 is 10.0 Å². The Bertz CT molecular complexity index is 805. The lowest BCUT2D eigenvalue weighted by Gasteiger charge is -2.39. The highest BCUT2D eigenvalue weighted by molar-refractivity contribution is 7.99. The van der Waals surface area contributed by atoms with Crippen molar-refractivity contribution in [2.24, 2.45) is 0 Å². The Labute approximate surface area is 177 Å². The summed E-state index contributed by atoms with van der Waals surface area (Å²) in [6.45, 7) is 7.32. The second-order valence-corrected chi connectivity index (χ2v) is 9.50. The van der Waals surface area contributed by atoms with Gasteiger partial charge in [0.15, 0.2) is 0 Å². The molecule has 1 saturated heterocycles. The molecular formula is C23H29ClN2OS. The number of hydrogen-bond donors (Lipinski definition) is 1. The van der Waals surface area contributed by atoms with Crippen LogP contribution in [0, 0.1) is 0 Å². The number of aliphatic hydroxyl groups excluding tert-OH is 1. The molecule has 0 saturated carbocycles. The van der Waals surface area contributed by atoms with E-state index in [1.54, 1.807) is 0 Å². The molecule has 0 bridgehead atoms. The van der Waals surface area contributed by atoms with Crippen LogP contribution in [0.5, 0.6) is 0 Å². The Morgan fingerprint density at radius 3 is 2.68 bits per heavy atom.